The Kier molecular flexibility index (Phi) is 6.02. The monoisotopic (exact) mass is 464 g/mol. The fourth-order valence-corrected chi connectivity index (χ4v) is 4.83. The molecule has 1 fully saturated rings. The number of sulfonamides is 1. The minimum atomic E-state index is -4.84. The molecule has 0 spiro atoms. The predicted octanol–water partition coefficient (Wildman–Crippen LogP) is 3.55. The fourth-order valence-electron chi connectivity index (χ4n) is 3.41. The number of hydrogen-bond acceptors (Lipinski definition) is 6. The number of aromatic nitrogens is 2. The third kappa shape index (κ3) is 5.00. The van der Waals surface area contributed by atoms with Crippen LogP contribution in [-0.2, 0) is 10.0 Å². The summed E-state index contributed by atoms with van der Waals surface area (Å²) in [7, 11) is -3.84. The molecule has 3 aromatic rings. The van der Waals surface area contributed by atoms with Gasteiger partial charge in [-0.2, -0.15) is 4.31 Å². The van der Waals surface area contributed by atoms with Crippen molar-refractivity contribution < 1.29 is 26.3 Å². The zero-order valence-electron chi connectivity index (χ0n) is 16.7. The first kappa shape index (κ1) is 22.0. The quantitative estimate of drug-likeness (QED) is 0.575. The van der Waals surface area contributed by atoms with Crippen LogP contribution >= 0.6 is 0 Å². The summed E-state index contributed by atoms with van der Waals surface area (Å²) in [5, 5.41) is 0. The number of alkyl halides is 3. The van der Waals surface area contributed by atoms with Crippen molar-refractivity contribution in [3.8, 4) is 17.0 Å². The van der Waals surface area contributed by atoms with E-state index in [4.69, 9.17) is 0 Å². The average molecular weight is 464 g/mol. The van der Waals surface area contributed by atoms with Crippen LogP contribution in [0.3, 0.4) is 0 Å². The van der Waals surface area contributed by atoms with Crippen LogP contribution in [0.5, 0.6) is 5.75 Å². The molecule has 1 aliphatic rings. The molecular weight excluding hydrogens is 445 g/mol. The SMILES string of the molecule is O=S(=O)(c1ccc(OC(F)(F)F)cc1)N1CCN(c2cc(-c3ccccc3)ncn2)CC1. The van der Waals surface area contributed by atoms with Crippen molar-refractivity contribution in [3.63, 3.8) is 0 Å². The summed E-state index contributed by atoms with van der Waals surface area (Å²) in [4.78, 5) is 10.5. The number of rotatable bonds is 5. The van der Waals surface area contributed by atoms with Crippen LogP contribution in [-0.4, -0.2) is 55.2 Å². The van der Waals surface area contributed by atoms with Gasteiger partial charge in [-0.25, -0.2) is 18.4 Å². The molecule has 0 aliphatic carbocycles. The smallest absolute Gasteiger partial charge is 0.406 e. The molecule has 11 heteroatoms. The largest absolute Gasteiger partial charge is 0.573 e. The summed E-state index contributed by atoms with van der Waals surface area (Å²) in [5.41, 5.74) is 1.72. The van der Waals surface area contributed by atoms with E-state index in [-0.39, 0.29) is 18.0 Å². The highest BCUT2D eigenvalue weighted by Crippen LogP contribution is 2.26. The Labute approximate surface area is 183 Å². The van der Waals surface area contributed by atoms with Gasteiger partial charge >= 0.3 is 6.36 Å². The maximum atomic E-state index is 12.9. The van der Waals surface area contributed by atoms with Gasteiger partial charge in [-0.15, -0.1) is 13.2 Å². The van der Waals surface area contributed by atoms with Crippen LogP contribution in [0.4, 0.5) is 19.0 Å². The van der Waals surface area contributed by atoms with Crippen LogP contribution in [0, 0.1) is 0 Å². The number of piperazine rings is 1. The van der Waals surface area contributed by atoms with E-state index in [0.717, 1.165) is 35.5 Å². The Hall–Kier alpha value is -3.18. The highest BCUT2D eigenvalue weighted by Gasteiger charge is 2.32. The minimum absolute atomic E-state index is 0.0890. The Balaban J connectivity index is 1.43. The van der Waals surface area contributed by atoms with Crippen molar-refractivity contribution in [2.75, 3.05) is 31.1 Å². The minimum Gasteiger partial charge on any atom is -0.406 e. The Morgan fingerprint density at radius 3 is 2.16 bits per heavy atom. The lowest BCUT2D eigenvalue weighted by Crippen LogP contribution is -2.48. The second-order valence-corrected chi connectivity index (χ2v) is 8.98. The molecule has 7 nitrogen and oxygen atoms in total. The van der Waals surface area contributed by atoms with E-state index in [2.05, 4.69) is 14.7 Å². The van der Waals surface area contributed by atoms with Crippen molar-refractivity contribution in [3.05, 3.63) is 67.0 Å². The van der Waals surface area contributed by atoms with Gasteiger partial charge in [0.25, 0.3) is 0 Å². The highest BCUT2D eigenvalue weighted by molar-refractivity contribution is 7.89. The van der Waals surface area contributed by atoms with Gasteiger partial charge in [0.2, 0.25) is 10.0 Å². The van der Waals surface area contributed by atoms with Crippen molar-refractivity contribution in [1.29, 1.82) is 0 Å². The number of ether oxygens (including phenoxy) is 1. The van der Waals surface area contributed by atoms with E-state index in [1.165, 1.54) is 10.6 Å². The number of halogens is 3. The molecule has 32 heavy (non-hydrogen) atoms. The van der Waals surface area contributed by atoms with E-state index < -0.39 is 22.1 Å². The van der Waals surface area contributed by atoms with E-state index >= 15 is 0 Å². The fraction of sp³-hybridized carbons (Fsp3) is 0.238. The van der Waals surface area contributed by atoms with Crippen LogP contribution in [0.15, 0.2) is 71.9 Å². The zero-order chi connectivity index (χ0) is 22.8. The normalized spacial score (nSPS) is 15.5. The topological polar surface area (TPSA) is 75.6 Å². The van der Waals surface area contributed by atoms with Crippen LogP contribution in [0.1, 0.15) is 0 Å². The predicted molar refractivity (Wildman–Crippen MR) is 112 cm³/mol. The van der Waals surface area contributed by atoms with Crippen molar-refractivity contribution in [2.24, 2.45) is 0 Å². The van der Waals surface area contributed by atoms with Gasteiger partial charge < -0.3 is 9.64 Å². The summed E-state index contributed by atoms with van der Waals surface area (Å²) in [6.07, 6.45) is -3.36. The molecule has 1 aliphatic heterocycles. The van der Waals surface area contributed by atoms with E-state index in [9.17, 15) is 21.6 Å². The summed E-state index contributed by atoms with van der Waals surface area (Å²) >= 11 is 0. The summed E-state index contributed by atoms with van der Waals surface area (Å²) in [6.45, 7) is 1.26. The molecule has 4 rings (SSSR count). The lowest BCUT2D eigenvalue weighted by molar-refractivity contribution is -0.274. The van der Waals surface area contributed by atoms with Gasteiger partial charge in [-0.05, 0) is 24.3 Å². The Morgan fingerprint density at radius 1 is 0.875 bits per heavy atom. The number of hydrogen-bond donors (Lipinski definition) is 0. The molecule has 2 aromatic carbocycles. The molecule has 168 valence electrons. The van der Waals surface area contributed by atoms with Gasteiger partial charge in [0.05, 0.1) is 10.6 Å². The maximum absolute atomic E-state index is 12.9. The molecule has 0 atom stereocenters. The van der Waals surface area contributed by atoms with Gasteiger partial charge in [0, 0.05) is 37.8 Å². The first-order valence-electron chi connectivity index (χ1n) is 9.71. The summed E-state index contributed by atoms with van der Waals surface area (Å²) in [5.74, 6) is 0.226. The standard InChI is InChI=1S/C21H19F3N4O3S/c22-21(23,24)31-17-6-8-18(9-7-17)32(29,30)28-12-10-27(11-13-28)20-14-19(25-15-26-20)16-4-2-1-3-5-16/h1-9,14-15H,10-13H2. The maximum Gasteiger partial charge on any atom is 0.573 e. The van der Waals surface area contributed by atoms with Crippen LogP contribution in [0.25, 0.3) is 11.3 Å². The first-order valence-corrected chi connectivity index (χ1v) is 11.1. The van der Waals surface area contributed by atoms with Crippen molar-refractivity contribution in [1.82, 2.24) is 14.3 Å². The molecule has 1 saturated heterocycles. The average Bonchev–Trinajstić information content (AvgIpc) is 2.79. The molecule has 0 bridgehead atoms. The molecule has 0 saturated carbocycles. The molecule has 1 aromatic heterocycles. The highest BCUT2D eigenvalue weighted by atomic mass is 32.2. The molecular formula is C21H19F3N4O3S. The van der Waals surface area contributed by atoms with Crippen LogP contribution < -0.4 is 9.64 Å². The van der Waals surface area contributed by atoms with Gasteiger partial charge in [0.15, 0.2) is 0 Å². The van der Waals surface area contributed by atoms with Crippen molar-refractivity contribution in [2.45, 2.75) is 11.3 Å². The number of nitrogens with zero attached hydrogens (tertiary/aromatic N) is 4. The molecule has 0 unspecified atom stereocenters. The second-order valence-electron chi connectivity index (χ2n) is 7.04. The Bertz CT molecular complexity index is 1160. The van der Waals surface area contributed by atoms with Gasteiger partial charge in [0.1, 0.15) is 17.9 Å². The number of benzene rings is 2. The lowest BCUT2D eigenvalue weighted by atomic mass is 10.1. The lowest BCUT2D eigenvalue weighted by Gasteiger charge is -2.34. The Morgan fingerprint density at radius 2 is 1.53 bits per heavy atom. The van der Waals surface area contributed by atoms with Crippen LogP contribution in [0.2, 0.25) is 0 Å². The summed E-state index contributed by atoms with van der Waals surface area (Å²) in [6, 6.07) is 15.7. The third-order valence-electron chi connectivity index (χ3n) is 4.98. The number of anilines is 1. The zero-order valence-corrected chi connectivity index (χ0v) is 17.6. The van der Waals surface area contributed by atoms with Gasteiger partial charge in [-0.1, -0.05) is 30.3 Å². The van der Waals surface area contributed by atoms with E-state index in [1.54, 1.807) is 0 Å². The molecule has 0 radical (unpaired) electrons. The van der Waals surface area contributed by atoms with Gasteiger partial charge in [-0.3, -0.25) is 0 Å². The molecule has 0 amide bonds. The van der Waals surface area contributed by atoms with E-state index in [0.29, 0.717) is 18.9 Å². The van der Waals surface area contributed by atoms with Crippen molar-refractivity contribution >= 4 is 15.8 Å². The van der Waals surface area contributed by atoms with E-state index in [1.807, 2.05) is 41.3 Å². The molecule has 2 heterocycles. The third-order valence-corrected chi connectivity index (χ3v) is 6.89. The first-order chi connectivity index (χ1) is 15.2. The molecule has 0 N–H and O–H groups in total. The summed E-state index contributed by atoms with van der Waals surface area (Å²) < 4.78 is 67.8. The second kappa shape index (κ2) is 8.75.